The predicted molar refractivity (Wildman–Crippen MR) is 250 cm³/mol. The van der Waals surface area contributed by atoms with Crippen LogP contribution in [0.5, 0.6) is 0 Å². The van der Waals surface area contributed by atoms with Crippen LogP contribution in [0.3, 0.4) is 0 Å². The maximum Gasteiger partial charge on any atom is 0.246 e. The van der Waals surface area contributed by atoms with E-state index in [9.17, 15) is 9.59 Å². The average molecular weight is 967 g/mol. The van der Waals surface area contributed by atoms with E-state index in [0.717, 1.165) is 113 Å². The molecule has 0 bridgehead atoms. The van der Waals surface area contributed by atoms with Gasteiger partial charge in [0.2, 0.25) is 11.8 Å². The fourth-order valence-electron chi connectivity index (χ4n) is 9.61. The minimum Gasteiger partial charge on any atom is -0.459 e. The molecule has 3 saturated heterocycles. The normalized spacial score (nSPS) is 21.7. The van der Waals surface area contributed by atoms with Gasteiger partial charge >= 0.3 is 0 Å². The lowest BCUT2D eigenvalue weighted by Gasteiger charge is -2.20. The van der Waals surface area contributed by atoms with Crippen LogP contribution < -0.4 is 16.0 Å². The van der Waals surface area contributed by atoms with Crippen molar-refractivity contribution in [3.05, 3.63) is 110 Å². The second-order valence-electron chi connectivity index (χ2n) is 17.2. The largest absolute Gasteiger partial charge is 0.459 e. The Labute approximate surface area is 380 Å². The van der Waals surface area contributed by atoms with Crippen molar-refractivity contribution in [1.29, 1.82) is 0 Å². The summed E-state index contributed by atoms with van der Waals surface area (Å²) in [5, 5.41) is 10.9. The zero-order chi connectivity index (χ0) is 42.7. The second kappa shape index (κ2) is 19.0. The molecule has 13 nitrogen and oxygen atoms in total. The van der Waals surface area contributed by atoms with E-state index in [1.54, 1.807) is 24.2 Å². The van der Waals surface area contributed by atoms with Gasteiger partial charge in [0.15, 0.2) is 0 Å². The minimum atomic E-state index is -0.0625. The summed E-state index contributed by atoms with van der Waals surface area (Å²) in [6.45, 7) is 10.6. The van der Waals surface area contributed by atoms with Gasteiger partial charge in [0.05, 0.1) is 12.6 Å². The number of benzene rings is 1. The van der Waals surface area contributed by atoms with Gasteiger partial charge in [-0.3, -0.25) is 24.3 Å². The number of nitrogens with zero attached hydrogens (tertiary/aromatic N) is 7. The Balaban J connectivity index is 0.000000132. The number of likely N-dealkylation sites (N-methyl/N-ethyl adjacent to an activating group) is 1. The number of carbonyl (C=O) groups excluding carboxylic acids is 2. The van der Waals surface area contributed by atoms with E-state index in [2.05, 4.69) is 89.6 Å². The smallest absolute Gasteiger partial charge is 0.246 e. The average Bonchev–Trinajstić information content (AvgIpc) is 4.04. The van der Waals surface area contributed by atoms with Gasteiger partial charge in [0.25, 0.3) is 0 Å². The molecular weight excluding hydrogens is 912 g/mol. The van der Waals surface area contributed by atoms with Crippen molar-refractivity contribution in [2.24, 2.45) is 0 Å². The standard InChI is InChI=1S/C25H28N4O2.C11H12BrN3O.C11H14BrN3/c1-17-21-7-3-4-8-22(21)31-23(17)16-28(2)24(30)10-9-18-12-19-15-29-11-5-6-20(29)14-27-25(19)26-13-18;12-8-4-7-6-15-3-1-2-9(15)11(16)14-10(7)13-5-8;12-9-4-8-7-15-3-1-2-10(15)6-14-11(8)13-5-9/h3-4,7-10,12-13,20H,5-6,11,14-16H2,1-2H3,(H,26,27);4-5,9H,1-3,6H2,(H,13,14,16);4-5,10H,1-3,6-7H2,(H,13,14)/b10-9+;;/t20-;9-;10-/m000/s1. The van der Waals surface area contributed by atoms with Gasteiger partial charge in [-0.25, -0.2) is 15.0 Å². The van der Waals surface area contributed by atoms with Crippen LogP contribution >= 0.6 is 31.9 Å². The van der Waals surface area contributed by atoms with Crippen LogP contribution in [0.4, 0.5) is 17.5 Å². The van der Waals surface area contributed by atoms with Crippen LogP contribution in [0.1, 0.15) is 72.1 Å². The van der Waals surface area contributed by atoms with Gasteiger partial charge in [0, 0.05) is 113 Å². The topological polar surface area (TPSA) is 135 Å². The number of para-hydroxylation sites is 1. The number of nitrogens with one attached hydrogen (secondary N) is 3. The fraction of sp³-hybridized carbons (Fsp3) is 0.426. The van der Waals surface area contributed by atoms with Crippen LogP contribution in [0.2, 0.25) is 0 Å². The van der Waals surface area contributed by atoms with Gasteiger partial charge in [0.1, 0.15) is 28.8 Å². The van der Waals surface area contributed by atoms with Crippen molar-refractivity contribution in [3.63, 3.8) is 0 Å². The first-order chi connectivity index (χ1) is 30.1. The lowest BCUT2D eigenvalue weighted by atomic mass is 10.1. The Morgan fingerprint density at radius 1 is 0.806 bits per heavy atom. The number of carbonyl (C=O) groups is 2. The third kappa shape index (κ3) is 9.62. The summed E-state index contributed by atoms with van der Waals surface area (Å²) in [4.78, 5) is 46.9. The van der Waals surface area contributed by atoms with Gasteiger partial charge in [-0.15, -0.1) is 0 Å². The lowest BCUT2D eigenvalue weighted by Crippen LogP contribution is -2.36. The first-order valence-electron chi connectivity index (χ1n) is 21.8. The number of furan rings is 1. The molecule has 6 aliphatic rings. The van der Waals surface area contributed by atoms with E-state index in [0.29, 0.717) is 24.4 Å². The van der Waals surface area contributed by atoms with Crippen molar-refractivity contribution >= 4 is 78.2 Å². The molecule has 0 saturated carbocycles. The molecule has 6 aliphatic heterocycles. The van der Waals surface area contributed by atoms with Crippen molar-refractivity contribution in [3.8, 4) is 0 Å². The summed E-state index contributed by atoms with van der Waals surface area (Å²) < 4.78 is 7.98. The number of anilines is 3. The molecule has 4 aromatic heterocycles. The van der Waals surface area contributed by atoms with E-state index in [1.165, 1.54) is 43.4 Å². The number of halogens is 2. The number of amides is 2. The van der Waals surface area contributed by atoms with Crippen LogP contribution in [-0.4, -0.2) is 104 Å². The second-order valence-corrected chi connectivity index (χ2v) is 19.0. The van der Waals surface area contributed by atoms with Crippen LogP contribution in [0.15, 0.2) is 80.5 Å². The summed E-state index contributed by atoms with van der Waals surface area (Å²) in [7, 11) is 1.80. The Kier molecular flexibility index (Phi) is 13.0. The zero-order valence-corrected chi connectivity index (χ0v) is 38.6. The Hall–Kier alpha value is -4.67. The first kappa shape index (κ1) is 42.6. The van der Waals surface area contributed by atoms with Crippen molar-refractivity contribution in [1.82, 2.24) is 34.6 Å². The third-order valence-corrected chi connectivity index (χ3v) is 13.9. The van der Waals surface area contributed by atoms with Crippen LogP contribution in [-0.2, 0) is 35.8 Å². The summed E-state index contributed by atoms with van der Waals surface area (Å²) in [6.07, 6.45) is 16.1. The fourth-order valence-corrected chi connectivity index (χ4v) is 10.4. The molecule has 5 aromatic rings. The summed E-state index contributed by atoms with van der Waals surface area (Å²) in [5.74, 6) is 3.59. The predicted octanol–water partition coefficient (Wildman–Crippen LogP) is 8.19. The molecule has 0 unspecified atom stereocenters. The molecule has 15 heteroatoms. The van der Waals surface area contributed by atoms with Crippen molar-refractivity contribution in [2.45, 2.75) is 89.8 Å². The molecule has 1 aromatic carbocycles. The van der Waals surface area contributed by atoms with Gasteiger partial charge in [-0.1, -0.05) is 18.2 Å². The van der Waals surface area contributed by atoms with E-state index < -0.39 is 0 Å². The number of pyridine rings is 3. The lowest BCUT2D eigenvalue weighted by molar-refractivity contribution is -0.125. The third-order valence-electron chi connectivity index (χ3n) is 13.0. The number of aromatic nitrogens is 3. The quantitative estimate of drug-likeness (QED) is 0.151. The molecule has 0 spiro atoms. The Morgan fingerprint density at radius 2 is 1.39 bits per heavy atom. The monoisotopic (exact) mass is 964 g/mol. The molecule has 3 fully saturated rings. The zero-order valence-electron chi connectivity index (χ0n) is 35.4. The maximum atomic E-state index is 12.7. The maximum absolute atomic E-state index is 12.7. The molecule has 10 heterocycles. The molecule has 62 heavy (non-hydrogen) atoms. The minimum absolute atomic E-state index is 0.0352. The molecule has 3 atom stereocenters. The van der Waals surface area contributed by atoms with Crippen molar-refractivity contribution in [2.75, 3.05) is 55.7 Å². The number of rotatable bonds is 4. The molecular formula is C47H54Br2N10O3. The Bertz CT molecular complexity index is 2480. The van der Waals surface area contributed by atoms with E-state index in [1.807, 2.05) is 55.7 Å². The highest BCUT2D eigenvalue weighted by atomic mass is 79.9. The summed E-state index contributed by atoms with van der Waals surface area (Å²) >= 11 is 6.89. The highest BCUT2D eigenvalue weighted by molar-refractivity contribution is 9.10. The van der Waals surface area contributed by atoms with Gasteiger partial charge in [-0.05, 0) is 133 Å². The van der Waals surface area contributed by atoms with Gasteiger partial charge < -0.3 is 25.3 Å². The molecule has 11 rings (SSSR count). The van der Waals surface area contributed by atoms with Gasteiger partial charge in [-0.2, -0.15) is 0 Å². The highest BCUT2D eigenvalue weighted by Gasteiger charge is 2.34. The summed E-state index contributed by atoms with van der Waals surface area (Å²) in [5.41, 5.74) is 6.49. The van der Waals surface area contributed by atoms with Crippen molar-refractivity contribution < 1.29 is 14.0 Å². The molecule has 0 radical (unpaired) electrons. The van der Waals surface area contributed by atoms with E-state index in [-0.39, 0.29) is 17.9 Å². The molecule has 3 N–H and O–H groups in total. The Morgan fingerprint density at radius 3 is 2.08 bits per heavy atom. The van der Waals surface area contributed by atoms with Crippen LogP contribution in [0.25, 0.3) is 17.0 Å². The van der Waals surface area contributed by atoms with E-state index >= 15 is 0 Å². The molecule has 2 amide bonds. The van der Waals surface area contributed by atoms with Crippen LogP contribution in [0, 0.1) is 6.92 Å². The number of hydrogen-bond acceptors (Lipinski definition) is 11. The SMILES string of the molecule is Brc1cnc2c(c1)CN1CCC[C@H]1CN2.Cc1c(CN(C)C(=O)/C=C/c2cnc3c(c2)CN2CCC[C@H]2CN3)oc2ccccc12.O=C1Nc2ncc(Br)cc2CN2CCC[C@@H]12. The molecule has 324 valence electrons. The summed E-state index contributed by atoms with van der Waals surface area (Å²) in [6, 6.07) is 15.7. The molecule has 0 aliphatic carbocycles. The number of fused-ring (bicyclic) bond motifs is 7. The van der Waals surface area contributed by atoms with E-state index in [4.69, 9.17) is 4.42 Å². The number of aryl methyl sites for hydroxylation is 1. The first-order valence-corrected chi connectivity index (χ1v) is 23.4. The highest BCUT2D eigenvalue weighted by Crippen LogP contribution is 2.31. The number of hydrogen-bond donors (Lipinski definition) is 3.